The first-order valence-corrected chi connectivity index (χ1v) is 20.7. The van der Waals surface area contributed by atoms with Crippen LogP contribution < -0.4 is 15.5 Å². The molecular weight excluding hydrogens is 848 g/mol. The molecule has 0 saturated carbocycles. The Morgan fingerprint density at radius 2 is 1.23 bits per heavy atom. The molecule has 3 aromatic carbocycles. The summed E-state index contributed by atoms with van der Waals surface area (Å²) in [6, 6.07) is 18.2. The Labute approximate surface area is 368 Å². The zero-order valence-corrected chi connectivity index (χ0v) is 35.1. The van der Waals surface area contributed by atoms with Crippen molar-refractivity contribution in [2.24, 2.45) is 5.92 Å². The number of hydrogen-bond donors (Lipinski definition) is 8. The Hall–Kier alpha value is -4.84. The first-order valence-electron chi connectivity index (χ1n) is 20.7. The van der Waals surface area contributed by atoms with Crippen LogP contribution >= 0.6 is 0 Å². The number of nitrogens with zero attached hydrogens (tertiary/aromatic N) is 1. The molecule has 1 fully saturated rings. The van der Waals surface area contributed by atoms with E-state index in [1.165, 1.54) is 48.5 Å². The minimum Gasteiger partial charge on any atom is -0.390 e. The van der Waals surface area contributed by atoms with Crippen LogP contribution in [0.25, 0.3) is 0 Å². The van der Waals surface area contributed by atoms with Crippen molar-refractivity contribution in [3.8, 4) is 0 Å². The smallest absolute Gasteiger partial charge is 0.246 e. The lowest BCUT2D eigenvalue weighted by atomic mass is 9.78. The molecule has 3 aromatic rings. The van der Waals surface area contributed by atoms with E-state index >= 15 is 0 Å². The number of carbonyl (C=O) groups excluding carboxylic acids is 4. The number of aliphatic hydroxyl groups is 6. The van der Waals surface area contributed by atoms with Gasteiger partial charge in [0, 0.05) is 25.2 Å². The molecule has 8 N–H and O–H groups in total. The molecular formula is C44H57F2N3O15. The van der Waals surface area contributed by atoms with Gasteiger partial charge in [-0.2, -0.15) is 0 Å². The fourth-order valence-corrected chi connectivity index (χ4v) is 6.63. The van der Waals surface area contributed by atoms with Crippen molar-refractivity contribution in [1.29, 1.82) is 0 Å². The molecule has 64 heavy (non-hydrogen) atoms. The number of rotatable bonds is 31. The number of β-lactam (4-membered cyclic amide) rings is 1. The number of carbonyl (C=O) groups is 4. The predicted molar refractivity (Wildman–Crippen MR) is 222 cm³/mol. The van der Waals surface area contributed by atoms with Gasteiger partial charge in [-0.05, 0) is 65.9 Å². The summed E-state index contributed by atoms with van der Waals surface area (Å²) in [6.45, 7) is 0.454. The number of benzene rings is 3. The van der Waals surface area contributed by atoms with Crippen molar-refractivity contribution in [1.82, 2.24) is 10.6 Å². The summed E-state index contributed by atoms with van der Waals surface area (Å²) in [5.74, 6) is -2.83. The second-order valence-electron chi connectivity index (χ2n) is 14.8. The molecule has 1 aliphatic rings. The Morgan fingerprint density at radius 3 is 1.86 bits per heavy atom. The molecule has 4 rings (SSSR count). The normalized spacial score (nSPS) is 16.8. The summed E-state index contributed by atoms with van der Waals surface area (Å²) in [5, 5.41) is 62.4. The van der Waals surface area contributed by atoms with E-state index in [9.17, 15) is 48.4 Å². The molecule has 0 aliphatic carbocycles. The first kappa shape index (κ1) is 51.8. The van der Waals surface area contributed by atoms with Crippen molar-refractivity contribution >= 4 is 29.2 Å². The number of amides is 3. The molecule has 20 heteroatoms. The van der Waals surface area contributed by atoms with Gasteiger partial charge in [0.15, 0.2) is 12.1 Å². The van der Waals surface area contributed by atoms with Crippen LogP contribution in [0.1, 0.15) is 48.1 Å². The molecule has 1 aliphatic heterocycles. The maximum atomic E-state index is 13.7. The van der Waals surface area contributed by atoms with Crippen LogP contribution in [0.2, 0.25) is 0 Å². The van der Waals surface area contributed by atoms with Gasteiger partial charge >= 0.3 is 0 Å². The van der Waals surface area contributed by atoms with Crippen molar-refractivity contribution in [3.05, 3.63) is 101 Å². The molecule has 6 unspecified atom stereocenters. The van der Waals surface area contributed by atoms with Gasteiger partial charge in [0.1, 0.15) is 43.7 Å². The largest absolute Gasteiger partial charge is 0.390 e. The van der Waals surface area contributed by atoms with Crippen molar-refractivity contribution in [3.63, 3.8) is 0 Å². The fourth-order valence-electron chi connectivity index (χ4n) is 6.63. The number of aliphatic hydroxyl groups excluding tert-OH is 5. The van der Waals surface area contributed by atoms with E-state index < -0.39 is 73.1 Å². The Morgan fingerprint density at radius 1 is 0.672 bits per heavy atom. The van der Waals surface area contributed by atoms with Gasteiger partial charge in [0.2, 0.25) is 17.7 Å². The average Bonchev–Trinajstić information content (AvgIpc) is 3.27. The maximum absolute atomic E-state index is 13.7. The lowest BCUT2D eigenvalue weighted by Crippen LogP contribution is -2.55. The van der Waals surface area contributed by atoms with Crippen LogP contribution in [0.5, 0.6) is 0 Å². The summed E-state index contributed by atoms with van der Waals surface area (Å²) >= 11 is 0. The first-order chi connectivity index (χ1) is 30.7. The number of hydrogen-bond acceptors (Lipinski definition) is 15. The molecule has 0 aromatic heterocycles. The molecule has 18 nitrogen and oxygen atoms in total. The summed E-state index contributed by atoms with van der Waals surface area (Å²) in [5.41, 5.74) is 2.65. The van der Waals surface area contributed by atoms with E-state index in [0.717, 1.165) is 11.1 Å². The summed E-state index contributed by atoms with van der Waals surface area (Å²) in [6.07, 6.45) is -8.81. The third kappa shape index (κ3) is 17.3. The van der Waals surface area contributed by atoms with Crippen LogP contribution in [0.3, 0.4) is 0 Å². The van der Waals surface area contributed by atoms with Crippen molar-refractivity contribution in [2.75, 3.05) is 77.5 Å². The van der Waals surface area contributed by atoms with Crippen molar-refractivity contribution in [2.45, 2.75) is 62.6 Å². The number of ketones is 1. The lowest BCUT2D eigenvalue weighted by Gasteiger charge is -2.48. The SMILES string of the molecule is O=C(COCCOCCNC(=O)COCCOCCOCC(=O)NCc1cccc(C2C(CCC(O)c3ccc(F)cc3)C(=O)N2c2ccc(F)cc2)c1)CC(O)C(O)C(O)C(O)O. The Balaban J connectivity index is 1.04. The van der Waals surface area contributed by atoms with Gasteiger partial charge < -0.3 is 69.9 Å². The number of anilines is 1. The molecule has 0 spiro atoms. The van der Waals surface area contributed by atoms with Gasteiger partial charge in [0.25, 0.3) is 0 Å². The predicted octanol–water partition coefficient (Wildman–Crippen LogP) is 0.351. The minimum absolute atomic E-state index is 0.0278. The zero-order valence-electron chi connectivity index (χ0n) is 35.1. The van der Waals surface area contributed by atoms with Gasteiger partial charge in [0.05, 0.1) is 70.4 Å². The van der Waals surface area contributed by atoms with E-state index in [1.54, 1.807) is 4.90 Å². The highest BCUT2D eigenvalue weighted by Crippen LogP contribution is 2.46. The number of ether oxygens (including phenoxy) is 5. The number of Topliss-reactive ketones (excluding diaryl/α,β-unsaturated/α-hetero) is 1. The quantitative estimate of drug-likeness (QED) is 0.0246. The van der Waals surface area contributed by atoms with E-state index in [1.807, 2.05) is 24.3 Å². The highest BCUT2D eigenvalue weighted by molar-refractivity contribution is 6.03. The van der Waals surface area contributed by atoms with Crippen molar-refractivity contribution < 1.29 is 82.3 Å². The van der Waals surface area contributed by atoms with Gasteiger partial charge in [-0.1, -0.05) is 36.4 Å². The van der Waals surface area contributed by atoms with Crippen LogP contribution in [-0.2, 0) is 49.4 Å². The topological polar surface area (TPSA) is 263 Å². The van der Waals surface area contributed by atoms with E-state index in [2.05, 4.69) is 10.6 Å². The van der Waals surface area contributed by atoms with Gasteiger partial charge in [-0.25, -0.2) is 8.78 Å². The van der Waals surface area contributed by atoms with Crippen LogP contribution in [0.15, 0.2) is 72.8 Å². The molecule has 1 heterocycles. The lowest BCUT2D eigenvalue weighted by molar-refractivity contribution is -0.178. The summed E-state index contributed by atoms with van der Waals surface area (Å²) in [4.78, 5) is 51.3. The molecule has 6 atom stereocenters. The van der Waals surface area contributed by atoms with Gasteiger partial charge in [-0.15, -0.1) is 0 Å². The molecule has 1 saturated heterocycles. The highest BCUT2D eigenvalue weighted by Gasteiger charge is 2.48. The second kappa shape index (κ2) is 27.5. The van der Waals surface area contributed by atoms with Gasteiger partial charge in [-0.3, -0.25) is 19.2 Å². The number of nitrogens with one attached hydrogen (secondary N) is 2. The highest BCUT2D eigenvalue weighted by atomic mass is 19.1. The molecule has 3 amide bonds. The molecule has 352 valence electrons. The third-order valence-electron chi connectivity index (χ3n) is 10.0. The maximum Gasteiger partial charge on any atom is 0.246 e. The minimum atomic E-state index is -2.28. The Kier molecular flexibility index (Phi) is 22.2. The third-order valence-corrected chi connectivity index (χ3v) is 10.0. The Bertz CT molecular complexity index is 1890. The van der Waals surface area contributed by atoms with Crippen LogP contribution in [0.4, 0.5) is 14.5 Å². The van der Waals surface area contributed by atoms with E-state index in [4.69, 9.17) is 33.9 Å². The average molecular weight is 906 g/mol. The number of halogens is 2. The standard InChI is InChI=1S/C44H57F2N3O15/c45-31-6-4-29(5-7-31)36(51)13-12-35-40(49(43(35)57)33-10-8-32(46)9-11-33)30-3-1-2-28(22-30)24-48-39(54)27-64-21-18-61-17-20-63-26-38(53)47-14-15-60-16-19-62-25-34(50)23-37(52)41(55)42(56)44(58)59/h1-11,22,35-37,40-42,44,51-52,55-56,58-59H,12-21,23-27H2,(H,47,53)(H,48,54). The summed E-state index contributed by atoms with van der Waals surface area (Å²) in [7, 11) is 0. The second-order valence-corrected chi connectivity index (χ2v) is 14.8. The van der Waals surface area contributed by atoms with Crippen LogP contribution in [-0.4, -0.2) is 151 Å². The van der Waals surface area contributed by atoms with Crippen LogP contribution in [0, 0.1) is 17.6 Å². The summed E-state index contributed by atoms with van der Waals surface area (Å²) < 4.78 is 53.6. The van der Waals surface area contributed by atoms with E-state index in [-0.39, 0.29) is 96.7 Å². The molecule has 0 bridgehead atoms. The fraction of sp³-hybridized carbons (Fsp3) is 0.500. The zero-order chi connectivity index (χ0) is 46.4. The molecule has 0 radical (unpaired) electrons. The monoisotopic (exact) mass is 905 g/mol. The van der Waals surface area contributed by atoms with E-state index in [0.29, 0.717) is 17.7 Å².